The van der Waals surface area contributed by atoms with Crippen LogP contribution in [0, 0.1) is 6.92 Å². The van der Waals surface area contributed by atoms with E-state index in [1.165, 1.54) is 6.33 Å². The Bertz CT molecular complexity index is 881. The summed E-state index contributed by atoms with van der Waals surface area (Å²) in [6.45, 7) is 13.4. The van der Waals surface area contributed by atoms with Gasteiger partial charge in [0, 0.05) is 17.3 Å². The summed E-state index contributed by atoms with van der Waals surface area (Å²) in [6, 6.07) is 5.43. The molecule has 0 saturated heterocycles. The van der Waals surface area contributed by atoms with Gasteiger partial charge in [-0.1, -0.05) is 61.6 Å². The molecule has 9 heteroatoms. The van der Waals surface area contributed by atoms with Crippen LogP contribution in [0.25, 0.3) is 0 Å². The molecule has 0 aliphatic rings. The van der Waals surface area contributed by atoms with Crippen molar-refractivity contribution in [2.45, 2.75) is 45.8 Å². The number of halogens is 3. The first-order valence-electron chi connectivity index (χ1n) is 9.23. The van der Waals surface area contributed by atoms with E-state index in [1.54, 1.807) is 11.0 Å². The van der Waals surface area contributed by atoms with Crippen molar-refractivity contribution >= 4 is 54.7 Å². The van der Waals surface area contributed by atoms with Gasteiger partial charge in [-0.05, 0) is 42.8 Å². The summed E-state index contributed by atoms with van der Waals surface area (Å²) in [5, 5.41) is 0.633. The van der Waals surface area contributed by atoms with Gasteiger partial charge in [0.2, 0.25) is 0 Å². The lowest BCUT2D eigenvalue weighted by Gasteiger charge is -2.37. The van der Waals surface area contributed by atoms with Crippen LogP contribution in [0.4, 0.5) is 5.69 Å². The molecule has 0 N–H and O–H groups in total. The Labute approximate surface area is 188 Å². The van der Waals surface area contributed by atoms with Crippen LogP contribution in [0.2, 0.25) is 33.5 Å². The van der Waals surface area contributed by atoms with Gasteiger partial charge in [-0.2, -0.15) is 0 Å². The highest BCUT2D eigenvalue weighted by Crippen LogP contribution is 2.36. The minimum absolute atomic E-state index is 0.00326. The van der Waals surface area contributed by atoms with E-state index in [4.69, 9.17) is 39.2 Å². The Morgan fingerprint density at radius 1 is 1.14 bits per heavy atom. The molecule has 0 spiro atoms. The topological polar surface area (TPSA) is 55.3 Å². The van der Waals surface area contributed by atoms with E-state index in [-0.39, 0.29) is 20.9 Å². The number of hydrogen-bond donors (Lipinski definition) is 0. The molecule has 1 aromatic heterocycles. The average Bonchev–Trinajstić information content (AvgIpc) is 2.60. The van der Waals surface area contributed by atoms with Crippen LogP contribution in [0.1, 0.15) is 36.7 Å². The first kappa shape index (κ1) is 24.1. The molecule has 1 aromatic carbocycles. The van der Waals surface area contributed by atoms with Crippen LogP contribution in [-0.2, 0) is 4.43 Å². The van der Waals surface area contributed by atoms with Crippen molar-refractivity contribution in [2.75, 3.05) is 18.1 Å². The maximum absolute atomic E-state index is 13.3. The Balaban J connectivity index is 2.36. The van der Waals surface area contributed by atoms with E-state index >= 15 is 0 Å². The number of carbonyl (C=O) groups is 1. The summed E-state index contributed by atoms with van der Waals surface area (Å²) in [6.07, 6.45) is 1.22. The molecule has 158 valence electrons. The number of benzene rings is 1. The Hall–Kier alpha value is -1.18. The summed E-state index contributed by atoms with van der Waals surface area (Å²) >= 11 is 18.6. The second-order valence-electron chi connectivity index (χ2n) is 8.33. The highest BCUT2D eigenvalue weighted by Gasteiger charge is 2.37. The Morgan fingerprint density at radius 2 is 1.72 bits per heavy atom. The molecule has 0 unspecified atom stereocenters. The first-order valence-corrected chi connectivity index (χ1v) is 13.3. The van der Waals surface area contributed by atoms with Gasteiger partial charge in [-0.3, -0.25) is 4.79 Å². The van der Waals surface area contributed by atoms with Crippen molar-refractivity contribution in [2.24, 2.45) is 0 Å². The first-order chi connectivity index (χ1) is 13.3. The van der Waals surface area contributed by atoms with Gasteiger partial charge in [0.05, 0.1) is 6.61 Å². The molecule has 1 heterocycles. The van der Waals surface area contributed by atoms with Crippen molar-refractivity contribution in [1.29, 1.82) is 0 Å². The third-order valence-electron chi connectivity index (χ3n) is 5.26. The fourth-order valence-corrected chi connectivity index (χ4v) is 4.05. The van der Waals surface area contributed by atoms with E-state index < -0.39 is 14.2 Å². The number of hydrogen-bond acceptors (Lipinski definition) is 4. The predicted molar refractivity (Wildman–Crippen MR) is 123 cm³/mol. The van der Waals surface area contributed by atoms with Crippen LogP contribution in [0.5, 0.6) is 0 Å². The molecule has 0 aliphatic carbocycles. The lowest BCUT2D eigenvalue weighted by Crippen LogP contribution is -2.43. The number of aromatic nitrogens is 2. The summed E-state index contributed by atoms with van der Waals surface area (Å²) < 4.78 is 6.26. The maximum atomic E-state index is 13.3. The normalized spacial score (nSPS) is 12.2. The minimum Gasteiger partial charge on any atom is -0.415 e. The van der Waals surface area contributed by atoms with Gasteiger partial charge in [-0.15, -0.1) is 0 Å². The quantitative estimate of drug-likeness (QED) is 0.358. The standard InChI is InChI=1S/C20H26Cl3N3O2Si/c1-13-7-8-14(11-15(13)21)26(9-10-28-29(5,6)20(2,3)4)19(27)16-17(22)24-12-25-18(16)23/h7-8,11-12H,9-10H2,1-6H3. The number of rotatable bonds is 6. The largest absolute Gasteiger partial charge is 0.415 e. The zero-order valence-corrected chi connectivity index (χ0v) is 20.8. The lowest BCUT2D eigenvalue weighted by molar-refractivity contribution is 0.0981. The number of nitrogens with zero attached hydrogens (tertiary/aromatic N) is 3. The number of anilines is 1. The van der Waals surface area contributed by atoms with Crippen molar-refractivity contribution in [3.63, 3.8) is 0 Å². The zero-order chi connectivity index (χ0) is 22.0. The van der Waals surface area contributed by atoms with E-state index in [0.29, 0.717) is 23.9 Å². The average molecular weight is 475 g/mol. The third-order valence-corrected chi connectivity index (χ3v) is 10.8. The second-order valence-corrected chi connectivity index (χ2v) is 14.3. The van der Waals surface area contributed by atoms with Crippen molar-refractivity contribution in [1.82, 2.24) is 9.97 Å². The van der Waals surface area contributed by atoms with Crippen LogP contribution in [0.3, 0.4) is 0 Å². The molecule has 29 heavy (non-hydrogen) atoms. The summed E-state index contributed by atoms with van der Waals surface area (Å²) in [5.74, 6) is -0.403. The Kier molecular flexibility index (Phi) is 7.73. The number of amides is 1. The van der Waals surface area contributed by atoms with E-state index in [0.717, 1.165) is 5.56 Å². The van der Waals surface area contributed by atoms with E-state index in [9.17, 15) is 4.79 Å². The van der Waals surface area contributed by atoms with Crippen LogP contribution in [0.15, 0.2) is 24.5 Å². The smallest absolute Gasteiger partial charge is 0.264 e. The third kappa shape index (κ3) is 5.70. The van der Waals surface area contributed by atoms with Gasteiger partial charge < -0.3 is 9.33 Å². The highest BCUT2D eigenvalue weighted by molar-refractivity contribution is 6.74. The molecule has 2 aromatic rings. The lowest BCUT2D eigenvalue weighted by atomic mass is 10.2. The van der Waals surface area contributed by atoms with Gasteiger partial charge in [-0.25, -0.2) is 9.97 Å². The second kappa shape index (κ2) is 9.31. The van der Waals surface area contributed by atoms with Crippen molar-refractivity contribution in [3.05, 3.63) is 51.0 Å². The van der Waals surface area contributed by atoms with Crippen molar-refractivity contribution in [3.8, 4) is 0 Å². The summed E-state index contributed by atoms with van der Waals surface area (Å²) in [4.78, 5) is 22.7. The molecule has 5 nitrogen and oxygen atoms in total. The van der Waals surface area contributed by atoms with E-state index in [1.807, 2.05) is 19.1 Å². The molecule has 2 rings (SSSR count). The van der Waals surface area contributed by atoms with Crippen LogP contribution < -0.4 is 4.90 Å². The molecule has 0 saturated carbocycles. The molecule has 0 radical (unpaired) electrons. The van der Waals surface area contributed by atoms with Crippen LogP contribution >= 0.6 is 34.8 Å². The molecule has 1 amide bonds. The maximum Gasteiger partial charge on any atom is 0.264 e. The SMILES string of the molecule is Cc1ccc(N(CCO[Si](C)(C)C(C)(C)C)C(=O)c2c(Cl)ncnc2Cl)cc1Cl. The van der Waals surface area contributed by atoms with Gasteiger partial charge in [0.1, 0.15) is 22.2 Å². The van der Waals surface area contributed by atoms with Gasteiger partial charge >= 0.3 is 0 Å². The minimum atomic E-state index is -1.97. The van der Waals surface area contributed by atoms with Gasteiger partial charge in [0.15, 0.2) is 8.32 Å². The van der Waals surface area contributed by atoms with E-state index in [2.05, 4.69) is 43.8 Å². The molecular weight excluding hydrogens is 449 g/mol. The fraction of sp³-hybridized carbons (Fsp3) is 0.450. The zero-order valence-electron chi connectivity index (χ0n) is 17.5. The Morgan fingerprint density at radius 3 is 2.24 bits per heavy atom. The monoisotopic (exact) mass is 473 g/mol. The molecule has 0 aliphatic heterocycles. The molecule has 0 fully saturated rings. The number of aryl methyl sites for hydroxylation is 1. The molecule has 0 atom stereocenters. The number of carbonyl (C=O) groups excluding carboxylic acids is 1. The predicted octanol–water partition coefficient (Wildman–Crippen LogP) is 6.41. The molecular formula is C20H26Cl3N3O2Si. The fourth-order valence-electron chi connectivity index (χ4n) is 2.36. The molecule has 0 bridgehead atoms. The van der Waals surface area contributed by atoms with Crippen molar-refractivity contribution < 1.29 is 9.22 Å². The van der Waals surface area contributed by atoms with Crippen LogP contribution in [-0.4, -0.2) is 37.3 Å². The van der Waals surface area contributed by atoms with Gasteiger partial charge in [0.25, 0.3) is 5.91 Å². The summed E-state index contributed by atoms with van der Waals surface area (Å²) in [7, 11) is -1.97. The highest BCUT2D eigenvalue weighted by atomic mass is 35.5. The summed E-state index contributed by atoms with van der Waals surface area (Å²) in [5.41, 5.74) is 1.60.